The number of ketones is 1. The van der Waals surface area contributed by atoms with E-state index in [0.29, 0.717) is 41.5 Å². The first-order valence-corrected chi connectivity index (χ1v) is 9.35. The van der Waals surface area contributed by atoms with Crippen LogP contribution in [0.15, 0.2) is 40.9 Å². The van der Waals surface area contributed by atoms with Crippen molar-refractivity contribution in [3.63, 3.8) is 0 Å². The van der Waals surface area contributed by atoms with Gasteiger partial charge in [-0.05, 0) is 37.3 Å². The Hall–Kier alpha value is -1.86. The summed E-state index contributed by atoms with van der Waals surface area (Å²) in [5.41, 5.74) is 1.27. The van der Waals surface area contributed by atoms with Gasteiger partial charge in [0.2, 0.25) is 5.91 Å². The van der Waals surface area contributed by atoms with Crippen molar-refractivity contribution >= 4 is 49.2 Å². The number of rotatable bonds is 4. The molecule has 25 heavy (non-hydrogen) atoms. The van der Waals surface area contributed by atoms with Crippen LogP contribution in [0.3, 0.4) is 0 Å². The van der Waals surface area contributed by atoms with Crippen molar-refractivity contribution in [2.75, 3.05) is 18.5 Å². The van der Waals surface area contributed by atoms with Gasteiger partial charge in [0.05, 0.1) is 16.1 Å². The van der Waals surface area contributed by atoms with E-state index in [0.717, 1.165) is 4.47 Å². The molecule has 7 heteroatoms. The molecular formula is C18H15Br2NO4. The third-order valence-electron chi connectivity index (χ3n) is 3.65. The summed E-state index contributed by atoms with van der Waals surface area (Å²) >= 11 is 6.58. The number of benzene rings is 2. The number of carbonyl (C=O) groups excluding carboxylic acids is 2. The Morgan fingerprint density at radius 2 is 1.68 bits per heavy atom. The average molecular weight is 469 g/mol. The summed E-state index contributed by atoms with van der Waals surface area (Å²) in [6.07, 6.45) is 0. The largest absolute Gasteiger partial charge is 0.486 e. The third-order valence-corrected chi connectivity index (χ3v) is 4.60. The Labute approximate surface area is 162 Å². The van der Waals surface area contributed by atoms with Gasteiger partial charge in [-0.1, -0.05) is 31.9 Å². The summed E-state index contributed by atoms with van der Waals surface area (Å²) < 4.78 is 12.0. The molecule has 0 aromatic heterocycles. The quantitative estimate of drug-likeness (QED) is 0.540. The van der Waals surface area contributed by atoms with E-state index in [2.05, 4.69) is 37.2 Å². The topological polar surface area (TPSA) is 64.6 Å². The van der Waals surface area contributed by atoms with Crippen molar-refractivity contribution in [1.82, 2.24) is 0 Å². The molecule has 0 bridgehead atoms. The van der Waals surface area contributed by atoms with Crippen molar-refractivity contribution in [2.45, 2.75) is 11.8 Å². The number of alkyl halides is 1. The number of hydrogen-bond acceptors (Lipinski definition) is 4. The Kier molecular flexibility index (Phi) is 5.44. The van der Waals surface area contributed by atoms with Crippen LogP contribution >= 0.6 is 31.9 Å². The van der Waals surface area contributed by atoms with Crippen molar-refractivity contribution in [1.29, 1.82) is 0 Å². The maximum atomic E-state index is 12.9. The van der Waals surface area contributed by atoms with Crippen molar-refractivity contribution < 1.29 is 19.1 Å². The summed E-state index contributed by atoms with van der Waals surface area (Å²) in [7, 11) is 0. The van der Waals surface area contributed by atoms with E-state index in [1.165, 1.54) is 0 Å². The normalized spacial score (nSPS) is 13.9. The highest BCUT2D eigenvalue weighted by molar-refractivity contribution is 9.10. The minimum atomic E-state index is -0.392. The van der Waals surface area contributed by atoms with E-state index < -0.39 is 4.83 Å². The van der Waals surface area contributed by atoms with Crippen molar-refractivity contribution in [2.24, 2.45) is 0 Å². The van der Waals surface area contributed by atoms with Gasteiger partial charge in [-0.3, -0.25) is 9.59 Å². The number of nitrogens with one attached hydrogen (secondary N) is 1. The van der Waals surface area contributed by atoms with Gasteiger partial charge in [-0.2, -0.15) is 0 Å². The van der Waals surface area contributed by atoms with Gasteiger partial charge in [0.25, 0.3) is 0 Å². The number of amides is 1. The first-order chi connectivity index (χ1) is 12.0. The maximum Gasteiger partial charge on any atom is 0.237 e. The molecule has 130 valence electrons. The molecule has 1 aliphatic rings. The Bertz CT molecular complexity index is 819. The summed E-state index contributed by atoms with van der Waals surface area (Å²) in [5.74, 6) is 0.552. The van der Waals surface area contributed by atoms with E-state index in [-0.39, 0.29) is 11.7 Å². The zero-order valence-electron chi connectivity index (χ0n) is 13.3. The lowest BCUT2D eigenvalue weighted by molar-refractivity contribution is -0.115. The summed E-state index contributed by atoms with van der Waals surface area (Å²) in [6, 6.07) is 10.3. The van der Waals surface area contributed by atoms with Crippen LogP contribution in [0.4, 0.5) is 5.69 Å². The van der Waals surface area contributed by atoms with Gasteiger partial charge >= 0.3 is 0 Å². The van der Waals surface area contributed by atoms with Crippen LogP contribution in [0.25, 0.3) is 0 Å². The third kappa shape index (κ3) is 4.04. The zero-order valence-corrected chi connectivity index (χ0v) is 16.5. The fraction of sp³-hybridized carbons (Fsp3) is 0.222. The molecule has 0 saturated heterocycles. The van der Waals surface area contributed by atoms with E-state index >= 15 is 0 Å². The molecule has 0 spiro atoms. The highest BCUT2D eigenvalue weighted by Gasteiger charge is 2.22. The molecule has 3 rings (SSSR count). The molecular weight excluding hydrogens is 454 g/mol. The first-order valence-electron chi connectivity index (χ1n) is 7.64. The lowest BCUT2D eigenvalue weighted by Crippen LogP contribution is -2.23. The number of halogens is 2. The average Bonchev–Trinajstić information content (AvgIpc) is 2.61. The smallest absolute Gasteiger partial charge is 0.237 e. The van der Waals surface area contributed by atoms with Crippen molar-refractivity contribution in [3.05, 3.63) is 52.0 Å². The fourth-order valence-electron chi connectivity index (χ4n) is 2.37. The standard InChI is InChI=1S/C18H15Br2NO4/c1-10(19)18(23)21-14-9-16-15(24-6-7-25-16)8-13(14)17(22)11-2-4-12(20)5-3-11/h2-5,8-10H,6-7H2,1H3,(H,21,23)/t10-/m1/s1. The molecule has 5 nitrogen and oxygen atoms in total. The monoisotopic (exact) mass is 467 g/mol. The van der Waals surface area contributed by atoms with Crippen LogP contribution < -0.4 is 14.8 Å². The minimum absolute atomic E-state index is 0.206. The van der Waals surface area contributed by atoms with E-state index in [1.54, 1.807) is 43.3 Å². The molecule has 0 saturated carbocycles. The van der Waals surface area contributed by atoms with Gasteiger partial charge in [-0.25, -0.2) is 0 Å². The van der Waals surface area contributed by atoms with Crippen LogP contribution in [0.5, 0.6) is 11.5 Å². The van der Waals surface area contributed by atoms with Crippen LogP contribution in [0, 0.1) is 0 Å². The molecule has 1 atom stereocenters. The second kappa shape index (κ2) is 7.58. The summed E-state index contributed by atoms with van der Waals surface area (Å²) in [4.78, 5) is 24.6. The Morgan fingerprint density at radius 3 is 2.28 bits per heavy atom. The van der Waals surface area contributed by atoms with Gasteiger partial charge < -0.3 is 14.8 Å². The fourth-order valence-corrected chi connectivity index (χ4v) is 2.75. The summed E-state index contributed by atoms with van der Waals surface area (Å²) in [6.45, 7) is 2.56. The number of carbonyl (C=O) groups is 2. The first kappa shape index (κ1) is 17.9. The zero-order chi connectivity index (χ0) is 18.0. The number of anilines is 1. The molecule has 0 aliphatic carbocycles. The van der Waals surface area contributed by atoms with Crippen LogP contribution in [0.2, 0.25) is 0 Å². The molecule has 1 N–H and O–H groups in total. The SMILES string of the molecule is C[C@@H](Br)C(=O)Nc1cc2c(cc1C(=O)c1ccc(Br)cc1)OCCO2. The summed E-state index contributed by atoms with van der Waals surface area (Å²) in [5, 5.41) is 2.77. The van der Waals surface area contributed by atoms with E-state index in [1.807, 2.05) is 0 Å². The van der Waals surface area contributed by atoms with Gasteiger partial charge in [0, 0.05) is 16.1 Å². The molecule has 2 aromatic rings. The second-order valence-corrected chi connectivity index (χ2v) is 7.77. The second-order valence-electron chi connectivity index (χ2n) is 5.48. The Balaban J connectivity index is 2.04. The molecule has 0 fully saturated rings. The highest BCUT2D eigenvalue weighted by Crippen LogP contribution is 2.36. The van der Waals surface area contributed by atoms with E-state index in [9.17, 15) is 9.59 Å². The lowest BCUT2D eigenvalue weighted by Gasteiger charge is -2.21. The molecule has 1 aliphatic heterocycles. The number of ether oxygens (including phenoxy) is 2. The van der Waals surface area contributed by atoms with Gasteiger partial charge in [0.1, 0.15) is 13.2 Å². The van der Waals surface area contributed by atoms with Crippen molar-refractivity contribution in [3.8, 4) is 11.5 Å². The predicted molar refractivity (Wildman–Crippen MR) is 102 cm³/mol. The minimum Gasteiger partial charge on any atom is -0.486 e. The highest BCUT2D eigenvalue weighted by atomic mass is 79.9. The van der Waals surface area contributed by atoms with Crippen LogP contribution in [-0.4, -0.2) is 29.7 Å². The predicted octanol–water partition coefficient (Wildman–Crippen LogP) is 4.17. The Morgan fingerprint density at radius 1 is 1.08 bits per heavy atom. The molecule has 1 heterocycles. The van der Waals surface area contributed by atoms with Gasteiger partial charge in [-0.15, -0.1) is 0 Å². The molecule has 0 unspecified atom stereocenters. The molecule has 1 amide bonds. The van der Waals surface area contributed by atoms with E-state index in [4.69, 9.17) is 9.47 Å². The number of fused-ring (bicyclic) bond motifs is 1. The van der Waals surface area contributed by atoms with Crippen LogP contribution in [0.1, 0.15) is 22.8 Å². The van der Waals surface area contributed by atoms with Crippen LogP contribution in [-0.2, 0) is 4.79 Å². The molecule has 0 radical (unpaired) electrons. The maximum absolute atomic E-state index is 12.9. The molecule has 2 aromatic carbocycles. The van der Waals surface area contributed by atoms with Gasteiger partial charge in [0.15, 0.2) is 17.3 Å². The lowest BCUT2D eigenvalue weighted by atomic mass is 10.0. The number of hydrogen-bond donors (Lipinski definition) is 1.